The summed E-state index contributed by atoms with van der Waals surface area (Å²) in [5.41, 5.74) is 0. The minimum Gasteiger partial charge on any atom is -0.381 e. The number of nitrogens with zero attached hydrogens (tertiary/aromatic N) is 1. The van der Waals surface area contributed by atoms with Crippen molar-refractivity contribution in [1.82, 2.24) is 10.2 Å². The summed E-state index contributed by atoms with van der Waals surface area (Å²) < 4.78 is 5.59. The molecule has 2 aliphatic heterocycles. The van der Waals surface area contributed by atoms with Crippen molar-refractivity contribution >= 4 is 0 Å². The van der Waals surface area contributed by atoms with Crippen molar-refractivity contribution in [3.8, 4) is 0 Å². The van der Waals surface area contributed by atoms with Crippen molar-refractivity contribution in [3.63, 3.8) is 0 Å². The van der Waals surface area contributed by atoms with Gasteiger partial charge in [0.05, 0.1) is 6.61 Å². The topological polar surface area (TPSA) is 24.5 Å². The van der Waals surface area contributed by atoms with Gasteiger partial charge in [0.1, 0.15) is 0 Å². The molecular formula is C14H28N2O. The third kappa shape index (κ3) is 3.94. The van der Waals surface area contributed by atoms with Crippen molar-refractivity contribution in [1.29, 1.82) is 0 Å². The van der Waals surface area contributed by atoms with Crippen molar-refractivity contribution in [2.45, 2.75) is 51.6 Å². The van der Waals surface area contributed by atoms with Gasteiger partial charge in [-0.15, -0.1) is 0 Å². The molecule has 0 aromatic heterocycles. The number of piperazine rings is 1. The van der Waals surface area contributed by atoms with E-state index in [-0.39, 0.29) is 0 Å². The van der Waals surface area contributed by atoms with E-state index in [1.807, 2.05) is 0 Å². The van der Waals surface area contributed by atoms with Gasteiger partial charge in [0, 0.05) is 38.3 Å². The van der Waals surface area contributed by atoms with Gasteiger partial charge in [0.15, 0.2) is 0 Å². The molecule has 2 saturated heterocycles. The Morgan fingerprint density at radius 3 is 3.00 bits per heavy atom. The van der Waals surface area contributed by atoms with Gasteiger partial charge in [-0.3, -0.25) is 4.90 Å². The zero-order chi connectivity index (χ0) is 12.1. The van der Waals surface area contributed by atoms with Crippen molar-refractivity contribution in [3.05, 3.63) is 0 Å². The van der Waals surface area contributed by atoms with E-state index in [1.54, 1.807) is 0 Å². The highest BCUT2D eigenvalue weighted by Crippen LogP contribution is 2.18. The summed E-state index contributed by atoms with van der Waals surface area (Å²) in [5, 5.41) is 3.66. The maximum absolute atomic E-state index is 5.59. The Balaban J connectivity index is 1.80. The van der Waals surface area contributed by atoms with E-state index in [4.69, 9.17) is 4.74 Å². The van der Waals surface area contributed by atoms with E-state index in [1.165, 1.54) is 38.8 Å². The van der Waals surface area contributed by atoms with Gasteiger partial charge in [-0.1, -0.05) is 13.3 Å². The third-order valence-electron chi connectivity index (χ3n) is 4.16. The third-order valence-corrected chi connectivity index (χ3v) is 4.16. The molecule has 2 heterocycles. The average molecular weight is 240 g/mol. The van der Waals surface area contributed by atoms with E-state index in [2.05, 4.69) is 24.1 Å². The first-order chi connectivity index (χ1) is 8.29. The Bertz CT molecular complexity index is 216. The molecule has 0 saturated carbocycles. The normalized spacial score (nSPS) is 36.0. The van der Waals surface area contributed by atoms with E-state index in [0.29, 0.717) is 12.1 Å². The molecule has 0 aliphatic carbocycles. The largest absolute Gasteiger partial charge is 0.381 e. The van der Waals surface area contributed by atoms with Crippen LogP contribution in [0.15, 0.2) is 0 Å². The lowest BCUT2D eigenvalue weighted by atomic mass is 9.99. The van der Waals surface area contributed by atoms with Crippen LogP contribution in [-0.2, 0) is 4.74 Å². The molecule has 2 fully saturated rings. The number of ether oxygens (including phenoxy) is 1. The SMILES string of the molecule is CCCC1CN(CC2CCCOC2)C(C)CN1. The van der Waals surface area contributed by atoms with Crippen LogP contribution in [0.4, 0.5) is 0 Å². The van der Waals surface area contributed by atoms with Gasteiger partial charge in [0.25, 0.3) is 0 Å². The summed E-state index contributed by atoms with van der Waals surface area (Å²) in [7, 11) is 0. The maximum atomic E-state index is 5.59. The Morgan fingerprint density at radius 2 is 2.29 bits per heavy atom. The monoisotopic (exact) mass is 240 g/mol. The van der Waals surface area contributed by atoms with Gasteiger partial charge in [-0.25, -0.2) is 0 Å². The molecular weight excluding hydrogens is 212 g/mol. The molecule has 0 bridgehead atoms. The first-order valence-corrected chi connectivity index (χ1v) is 7.34. The molecule has 2 aliphatic rings. The molecule has 0 spiro atoms. The molecule has 100 valence electrons. The summed E-state index contributed by atoms with van der Waals surface area (Å²) in [6, 6.07) is 1.39. The van der Waals surface area contributed by atoms with E-state index in [9.17, 15) is 0 Å². The fourth-order valence-electron chi connectivity index (χ4n) is 3.07. The van der Waals surface area contributed by atoms with Gasteiger partial charge in [0.2, 0.25) is 0 Å². The number of hydrogen-bond donors (Lipinski definition) is 1. The van der Waals surface area contributed by atoms with Crippen molar-refractivity contribution in [2.24, 2.45) is 5.92 Å². The minimum absolute atomic E-state index is 0.685. The second-order valence-electron chi connectivity index (χ2n) is 5.78. The Kier molecular flexibility index (Phi) is 5.26. The highest BCUT2D eigenvalue weighted by atomic mass is 16.5. The molecule has 2 rings (SSSR count). The first-order valence-electron chi connectivity index (χ1n) is 7.34. The Morgan fingerprint density at radius 1 is 1.41 bits per heavy atom. The van der Waals surface area contributed by atoms with E-state index < -0.39 is 0 Å². The summed E-state index contributed by atoms with van der Waals surface area (Å²) in [6.07, 6.45) is 5.20. The quantitative estimate of drug-likeness (QED) is 0.812. The highest BCUT2D eigenvalue weighted by molar-refractivity contribution is 4.85. The zero-order valence-electron chi connectivity index (χ0n) is 11.5. The standard InChI is InChI=1S/C14H28N2O/c1-3-5-14-10-16(12(2)8-15-14)9-13-6-4-7-17-11-13/h12-15H,3-11H2,1-2H3. The van der Waals surface area contributed by atoms with Crippen LogP contribution in [0.2, 0.25) is 0 Å². The predicted octanol–water partition coefficient (Wildman–Crippen LogP) is 1.88. The van der Waals surface area contributed by atoms with Gasteiger partial charge in [-0.05, 0) is 32.1 Å². The Labute approximate surface area is 106 Å². The molecule has 0 radical (unpaired) electrons. The lowest BCUT2D eigenvalue weighted by Crippen LogP contribution is -2.56. The molecule has 3 atom stereocenters. The lowest BCUT2D eigenvalue weighted by Gasteiger charge is -2.41. The van der Waals surface area contributed by atoms with Crippen LogP contribution in [0.25, 0.3) is 0 Å². The van der Waals surface area contributed by atoms with E-state index >= 15 is 0 Å². The fourth-order valence-corrected chi connectivity index (χ4v) is 3.07. The second-order valence-corrected chi connectivity index (χ2v) is 5.78. The number of nitrogens with one attached hydrogen (secondary N) is 1. The molecule has 3 unspecified atom stereocenters. The molecule has 1 N–H and O–H groups in total. The molecule has 0 aromatic rings. The van der Waals surface area contributed by atoms with Crippen LogP contribution in [-0.4, -0.2) is 49.8 Å². The Hall–Kier alpha value is -0.120. The predicted molar refractivity (Wildman–Crippen MR) is 71.3 cm³/mol. The smallest absolute Gasteiger partial charge is 0.0506 e. The van der Waals surface area contributed by atoms with Gasteiger partial charge >= 0.3 is 0 Å². The van der Waals surface area contributed by atoms with Gasteiger partial charge in [-0.2, -0.15) is 0 Å². The van der Waals surface area contributed by atoms with Crippen LogP contribution in [0.5, 0.6) is 0 Å². The summed E-state index contributed by atoms with van der Waals surface area (Å²) in [5.74, 6) is 0.770. The fraction of sp³-hybridized carbons (Fsp3) is 1.00. The zero-order valence-corrected chi connectivity index (χ0v) is 11.5. The molecule has 0 aromatic carbocycles. The summed E-state index contributed by atoms with van der Waals surface area (Å²) in [6.45, 7) is 10.2. The van der Waals surface area contributed by atoms with E-state index in [0.717, 1.165) is 25.7 Å². The van der Waals surface area contributed by atoms with Crippen LogP contribution >= 0.6 is 0 Å². The van der Waals surface area contributed by atoms with Crippen LogP contribution in [0.1, 0.15) is 39.5 Å². The molecule has 3 heteroatoms. The molecule has 0 amide bonds. The maximum Gasteiger partial charge on any atom is 0.0506 e. The molecule has 17 heavy (non-hydrogen) atoms. The average Bonchev–Trinajstić information content (AvgIpc) is 2.35. The van der Waals surface area contributed by atoms with Crippen LogP contribution in [0.3, 0.4) is 0 Å². The highest BCUT2D eigenvalue weighted by Gasteiger charge is 2.27. The number of rotatable bonds is 4. The second kappa shape index (κ2) is 6.72. The minimum atomic E-state index is 0.685. The summed E-state index contributed by atoms with van der Waals surface area (Å²) in [4.78, 5) is 2.68. The lowest BCUT2D eigenvalue weighted by molar-refractivity contribution is 0.0236. The van der Waals surface area contributed by atoms with Crippen LogP contribution < -0.4 is 5.32 Å². The summed E-state index contributed by atoms with van der Waals surface area (Å²) >= 11 is 0. The molecule has 3 nitrogen and oxygen atoms in total. The van der Waals surface area contributed by atoms with Crippen molar-refractivity contribution in [2.75, 3.05) is 32.8 Å². The first kappa shape index (κ1) is 13.3. The van der Waals surface area contributed by atoms with Crippen LogP contribution in [0, 0.1) is 5.92 Å². The van der Waals surface area contributed by atoms with Gasteiger partial charge < -0.3 is 10.1 Å². The number of hydrogen-bond acceptors (Lipinski definition) is 3. The van der Waals surface area contributed by atoms with Crippen molar-refractivity contribution < 1.29 is 4.74 Å².